The lowest BCUT2D eigenvalue weighted by molar-refractivity contribution is 0.0951. The lowest BCUT2D eigenvalue weighted by atomic mass is 10.1. The summed E-state index contributed by atoms with van der Waals surface area (Å²) in [6.07, 6.45) is 1.79. The van der Waals surface area contributed by atoms with Gasteiger partial charge in [-0.25, -0.2) is 4.98 Å². The fourth-order valence-electron chi connectivity index (χ4n) is 2.18. The van der Waals surface area contributed by atoms with E-state index in [1.165, 1.54) is 0 Å². The Hall–Kier alpha value is -2.14. The molecule has 0 unspecified atom stereocenters. The molecule has 0 aliphatic heterocycles. The van der Waals surface area contributed by atoms with Gasteiger partial charge in [0.05, 0.1) is 17.4 Å². The lowest BCUT2D eigenvalue weighted by Crippen LogP contribution is -2.22. The van der Waals surface area contributed by atoms with Crippen LogP contribution in [0.4, 0.5) is 0 Å². The van der Waals surface area contributed by atoms with Crippen molar-refractivity contribution >= 4 is 32.9 Å². The van der Waals surface area contributed by atoms with Crippen molar-refractivity contribution in [3.63, 3.8) is 0 Å². The predicted molar refractivity (Wildman–Crippen MR) is 86.0 cm³/mol. The van der Waals surface area contributed by atoms with E-state index < -0.39 is 0 Å². The van der Waals surface area contributed by atoms with Crippen LogP contribution in [0.3, 0.4) is 0 Å². The van der Waals surface area contributed by atoms with E-state index >= 15 is 0 Å². The van der Waals surface area contributed by atoms with E-state index in [2.05, 4.69) is 26.2 Å². The second-order valence-electron chi connectivity index (χ2n) is 4.87. The van der Waals surface area contributed by atoms with Gasteiger partial charge in [0.2, 0.25) is 0 Å². The number of benzene rings is 2. The van der Waals surface area contributed by atoms with Crippen LogP contribution in [0.25, 0.3) is 11.0 Å². The van der Waals surface area contributed by atoms with Crippen LogP contribution in [0.2, 0.25) is 0 Å². The molecule has 0 radical (unpaired) electrons. The summed E-state index contributed by atoms with van der Waals surface area (Å²) in [6.45, 7) is 0.488. The molecule has 0 saturated heterocycles. The minimum atomic E-state index is -0.0800. The van der Waals surface area contributed by atoms with Crippen molar-refractivity contribution < 1.29 is 4.79 Å². The number of carbonyl (C=O) groups is 1. The summed E-state index contributed by atoms with van der Waals surface area (Å²) < 4.78 is 2.93. The van der Waals surface area contributed by atoms with Crippen molar-refractivity contribution in [1.29, 1.82) is 0 Å². The van der Waals surface area contributed by atoms with E-state index in [1.807, 2.05) is 41.9 Å². The highest BCUT2D eigenvalue weighted by molar-refractivity contribution is 9.10. The molecule has 4 nitrogen and oxygen atoms in total. The molecular weight excluding hydrogens is 330 g/mol. The topological polar surface area (TPSA) is 46.9 Å². The number of hydrogen-bond acceptors (Lipinski definition) is 2. The molecule has 3 aromatic rings. The fourth-order valence-corrected chi connectivity index (χ4v) is 2.44. The van der Waals surface area contributed by atoms with Crippen LogP contribution < -0.4 is 5.32 Å². The van der Waals surface area contributed by atoms with E-state index in [1.54, 1.807) is 18.5 Å². The van der Waals surface area contributed by atoms with Crippen molar-refractivity contribution in [2.24, 2.45) is 7.05 Å². The Bertz CT molecular complexity index is 793. The van der Waals surface area contributed by atoms with Crippen molar-refractivity contribution in [2.75, 3.05) is 0 Å². The molecule has 0 aliphatic rings. The van der Waals surface area contributed by atoms with Crippen molar-refractivity contribution in [2.45, 2.75) is 6.54 Å². The van der Waals surface area contributed by atoms with Crippen molar-refractivity contribution in [1.82, 2.24) is 14.9 Å². The highest BCUT2D eigenvalue weighted by atomic mass is 79.9. The fraction of sp³-hybridized carbons (Fsp3) is 0.125. The predicted octanol–water partition coefficient (Wildman–Crippen LogP) is 3.27. The number of nitrogens with zero attached hydrogens (tertiary/aromatic N) is 2. The Morgan fingerprint density at radius 1 is 1.24 bits per heavy atom. The highest BCUT2D eigenvalue weighted by Gasteiger charge is 2.06. The van der Waals surface area contributed by atoms with Crippen molar-refractivity contribution in [3.05, 3.63) is 64.4 Å². The molecule has 5 heteroatoms. The molecule has 2 aromatic carbocycles. The van der Waals surface area contributed by atoms with Gasteiger partial charge in [-0.1, -0.05) is 22.0 Å². The first kappa shape index (κ1) is 13.8. The zero-order chi connectivity index (χ0) is 14.8. The van der Waals surface area contributed by atoms with Gasteiger partial charge < -0.3 is 9.88 Å². The molecular formula is C16H14BrN3O. The number of halogens is 1. The Kier molecular flexibility index (Phi) is 3.75. The van der Waals surface area contributed by atoms with Gasteiger partial charge in [0.1, 0.15) is 0 Å². The number of imidazole rings is 1. The summed E-state index contributed by atoms with van der Waals surface area (Å²) >= 11 is 3.35. The monoisotopic (exact) mass is 343 g/mol. The number of hydrogen-bond donors (Lipinski definition) is 1. The molecule has 0 bridgehead atoms. The Morgan fingerprint density at radius 3 is 2.76 bits per heavy atom. The third-order valence-electron chi connectivity index (χ3n) is 3.35. The average molecular weight is 344 g/mol. The third kappa shape index (κ3) is 2.97. The molecule has 3 rings (SSSR count). The molecule has 0 fully saturated rings. The van der Waals surface area contributed by atoms with Crippen LogP contribution in [0.15, 0.2) is 53.3 Å². The van der Waals surface area contributed by atoms with Crippen LogP contribution in [0.5, 0.6) is 0 Å². The third-order valence-corrected chi connectivity index (χ3v) is 3.88. The largest absolute Gasteiger partial charge is 0.348 e. The molecule has 1 amide bonds. The first-order chi connectivity index (χ1) is 10.1. The average Bonchev–Trinajstić information content (AvgIpc) is 2.86. The van der Waals surface area contributed by atoms with Gasteiger partial charge in [-0.3, -0.25) is 4.79 Å². The standard InChI is InChI=1S/C16H14BrN3O/c1-20-10-19-14-8-11(2-7-15(14)20)9-18-16(21)12-3-5-13(17)6-4-12/h2-8,10H,9H2,1H3,(H,18,21). The SMILES string of the molecule is Cn1cnc2cc(CNC(=O)c3ccc(Br)cc3)ccc21. The zero-order valence-electron chi connectivity index (χ0n) is 11.5. The molecule has 0 spiro atoms. The molecule has 1 N–H and O–H groups in total. The minimum absolute atomic E-state index is 0.0800. The lowest BCUT2D eigenvalue weighted by Gasteiger charge is -2.06. The van der Waals surface area contributed by atoms with Crippen LogP contribution >= 0.6 is 15.9 Å². The first-order valence-electron chi connectivity index (χ1n) is 6.57. The van der Waals surface area contributed by atoms with Crippen LogP contribution in [-0.4, -0.2) is 15.5 Å². The van der Waals surface area contributed by atoms with E-state index in [-0.39, 0.29) is 5.91 Å². The van der Waals surface area contributed by atoms with Gasteiger partial charge in [-0.2, -0.15) is 0 Å². The van der Waals surface area contributed by atoms with Crippen LogP contribution in [0, 0.1) is 0 Å². The van der Waals surface area contributed by atoms with E-state index in [9.17, 15) is 4.79 Å². The number of nitrogens with one attached hydrogen (secondary N) is 1. The molecule has 0 saturated carbocycles. The Labute approximate surface area is 130 Å². The molecule has 1 heterocycles. The molecule has 1 aromatic heterocycles. The second kappa shape index (κ2) is 5.69. The molecule has 106 valence electrons. The number of rotatable bonds is 3. The highest BCUT2D eigenvalue weighted by Crippen LogP contribution is 2.14. The minimum Gasteiger partial charge on any atom is -0.348 e. The molecule has 0 atom stereocenters. The maximum Gasteiger partial charge on any atom is 0.251 e. The Balaban J connectivity index is 1.71. The second-order valence-corrected chi connectivity index (χ2v) is 5.78. The normalized spacial score (nSPS) is 10.8. The summed E-state index contributed by atoms with van der Waals surface area (Å²) in [5.74, 6) is -0.0800. The number of amides is 1. The summed E-state index contributed by atoms with van der Waals surface area (Å²) in [4.78, 5) is 16.4. The maximum absolute atomic E-state index is 12.1. The van der Waals surface area contributed by atoms with Crippen LogP contribution in [-0.2, 0) is 13.6 Å². The smallest absolute Gasteiger partial charge is 0.251 e. The number of carbonyl (C=O) groups excluding carboxylic acids is 1. The quantitative estimate of drug-likeness (QED) is 0.793. The first-order valence-corrected chi connectivity index (χ1v) is 7.36. The van der Waals surface area contributed by atoms with Gasteiger partial charge in [0, 0.05) is 23.6 Å². The summed E-state index contributed by atoms with van der Waals surface area (Å²) in [5.41, 5.74) is 3.70. The number of aromatic nitrogens is 2. The number of aryl methyl sites for hydroxylation is 1. The van der Waals surface area contributed by atoms with Gasteiger partial charge >= 0.3 is 0 Å². The van der Waals surface area contributed by atoms with Crippen LogP contribution in [0.1, 0.15) is 15.9 Å². The summed E-state index contributed by atoms with van der Waals surface area (Å²) in [6, 6.07) is 13.3. The number of fused-ring (bicyclic) bond motifs is 1. The van der Waals surface area contributed by atoms with Gasteiger partial charge in [0.15, 0.2) is 0 Å². The molecule has 0 aliphatic carbocycles. The van der Waals surface area contributed by atoms with Crippen molar-refractivity contribution in [3.8, 4) is 0 Å². The van der Waals surface area contributed by atoms with E-state index in [4.69, 9.17) is 0 Å². The zero-order valence-corrected chi connectivity index (χ0v) is 13.1. The maximum atomic E-state index is 12.1. The van der Waals surface area contributed by atoms with Gasteiger partial charge in [0.25, 0.3) is 5.91 Å². The molecule has 21 heavy (non-hydrogen) atoms. The summed E-state index contributed by atoms with van der Waals surface area (Å²) in [7, 11) is 1.96. The van der Waals surface area contributed by atoms with E-state index in [0.29, 0.717) is 12.1 Å². The summed E-state index contributed by atoms with van der Waals surface area (Å²) in [5, 5.41) is 2.92. The Morgan fingerprint density at radius 2 is 2.00 bits per heavy atom. The van der Waals surface area contributed by atoms with Gasteiger partial charge in [-0.15, -0.1) is 0 Å². The van der Waals surface area contributed by atoms with Gasteiger partial charge in [-0.05, 0) is 42.0 Å². The van der Waals surface area contributed by atoms with E-state index in [0.717, 1.165) is 21.1 Å².